The third-order valence-corrected chi connectivity index (χ3v) is 3.12. The van der Waals surface area contributed by atoms with Crippen LogP contribution in [0.25, 0.3) is 0 Å². The van der Waals surface area contributed by atoms with Crippen molar-refractivity contribution in [3.63, 3.8) is 0 Å². The van der Waals surface area contributed by atoms with Gasteiger partial charge in [-0.1, -0.05) is 13.3 Å². The summed E-state index contributed by atoms with van der Waals surface area (Å²) < 4.78 is 5.28. The van der Waals surface area contributed by atoms with Crippen LogP contribution >= 0.6 is 0 Å². The van der Waals surface area contributed by atoms with Crippen LogP contribution in [0.15, 0.2) is 18.3 Å². The molecular formula is C15H25N3O3. The lowest BCUT2D eigenvalue weighted by molar-refractivity contribution is -0.137. The molecule has 0 atom stereocenters. The van der Waals surface area contributed by atoms with Crippen LogP contribution in [0.5, 0.6) is 0 Å². The number of unbranched alkanes of at least 4 members (excludes halogenated alkanes) is 1. The van der Waals surface area contributed by atoms with Gasteiger partial charge in [0.2, 0.25) is 0 Å². The minimum absolute atomic E-state index is 0.316. The summed E-state index contributed by atoms with van der Waals surface area (Å²) in [5.41, 5.74) is 1.04. The molecule has 1 saturated heterocycles. The van der Waals surface area contributed by atoms with Crippen LogP contribution in [-0.4, -0.2) is 49.4 Å². The molecule has 0 unspecified atom stereocenters. The minimum Gasteiger partial charge on any atom is -0.481 e. The molecule has 118 valence electrons. The normalized spacial score (nSPS) is 14.1. The van der Waals surface area contributed by atoms with Crippen LogP contribution in [0.2, 0.25) is 0 Å². The molecule has 0 spiro atoms. The largest absolute Gasteiger partial charge is 0.481 e. The first kappa shape index (κ1) is 17.2. The van der Waals surface area contributed by atoms with E-state index in [0.717, 1.165) is 50.7 Å². The molecule has 1 aromatic rings. The summed E-state index contributed by atoms with van der Waals surface area (Å²) in [6, 6.07) is 4.08. The number of morpholine rings is 1. The van der Waals surface area contributed by atoms with Gasteiger partial charge in [0.05, 0.1) is 25.1 Å². The van der Waals surface area contributed by atoms with Crippen LogP contribution in [0.1, 0.15) is 26.2 Å². The van der Waals surface area contributed by atoms with E-state index in [-0.39, 0.29) is 0 Å². The van der Waals surface area contributed by atoms with Gasteiger partial charge in [-0.25, -0.2) is 4.98 Å². The van der Waals surface area contributed by atoms with E-state index in [0.29, 0.717) is 6.42 Å². The summed E-state index contributed by atoms with van der Waals surface area (Å²) >= 11 is 0. The van der Waals surface area contributed by atoms with Crippen LogP contribution in [0.4, 0.5) is 11.5 Å². The van der Waals surface area contributed by atoms with Gasteiger partial charge in [-0.05, 0) is 18.6 Å². The number of anilines is 2. The molecule has 2 rings (SSSR count). The number of carboxylic acid groups (broad SMARTS) is 1. The van der Waals surface area contributed by atoms with E-state index in [2.05, 4.69) is 15.2 Å². The Labute approximate surface area is 126 Å². The first-order valence-electron chi connectivity index (χ1n) is 7.35. The van der Waals surface area contributed by atoms with Gasteiger partial charge < -0.3 is 20.1 Å². The van der Waals surface area contributed by atoms with Crippen molar-refractivity contribution in [2.45, 2.75) is 26.2 Å². The minimum atomic E-state index is -0.693. The maximum Gasteiger partial charge on any atom is 0.303 e. The number of carbonyl (C=O) groups is 1. The molecule has 6 nitrogen and oxygen atoms in total. The van der Waals surface area contributed by atoms with Crippen molar-refractivity contribution in [1.82, 2.24) is 4.98 Å². The highest BCUT2D eigenvalue weighted by Crippen LogP contribution is 2.14. The summed E-state index contributed by atoms with van der Waals surface area (Å²) in [6.07, 6.45) is 3.93. The molecule has 21 heavy (non-hydrogen) atoms. The quantitative estimate of drug-likeness (QED) is 0.867. The molecular weight excluding hydrogens is 270 g/mol. The smallest absolute Gasteiger partial charge is 0.303 e. The third kappa shape index (κ3) is 6.94. The molecule has 0 aliphatic carbocycles. The molecule has 6 heteroatoms. The van der Waals surface area contributed by atoms with Gasteiger partial charge in [-0.15, -0.1) is 0 Å². The van der Waals surface area contributed by atoms with Crippen molar-refractivity contribution in [3.05, 3.63) is 18.3 Å². The van der Waals surface area contributed by atoms with E-state index in [1.807, 2.05) is 32.3 Å². The number of aliphatic carboxylic acids is 1. The lowest BCUT2D eigenvalue weighted by Gasteiger charge is -2.27. The summed E-state index contributed by atoms with van der Waals surface area (Å²) in [5, 5.41) is 11.1. The van der Waals surface area contributed by atoms with Crippen LogP contribution in [0, 0.1) is 0 Å². The fourth-order valence-corrected chi connectivity index (χ4v) is 1.84. The fraction of sp³-hybridized carbons (Fsp3) is 0.600. The lowest BCUT2D eigenvalue weighted by Crippen LogP contribution is -2.36. The van der Waals surface area contributed by atoms with Crippen molar-refractivity contribution in [2.24, 2.45) is 0 Å². The van der Waals surface area contributed by atoms with Crippen LogP contribution in [0.3, 0.4) is 0 Å². The fourth-order valence-electron chi connectivity index (χ4n) is 1.84. The predicted octanol–water partition coefficient (Wildman–Crippen LogP) is 2.22. The number of rotatable bonds is 5. The number of pyridine rings is 1. The van der Waals surface area contributed by atoms with Gasteiger partial charge in [-0.3, -0.25) is 4.79 Å². The Hall–Kier alpha value is -1.82. The number of hydrogen-bond acceptors (Lipinski definition) is 5. The maximum atomic E-state index is 9.76. The summed E-state index contributed by atoms with van der Waals surface area (Å²) in [7, 11) is 1.89. The van der Waals surface area contributed by atoms with Crippen LogP contribution in [-0.2, 0) is 9.53 Å². The topological polar surface area (TPSA) is 74.7 Å². The molecule has 1 aliphatic heterocycles. The van der Waals surface area contributed by atoms with E-state index in [9.17, 15) is 4.79 Å². The summed E-state index contributed by atoms with van der Waals surface area (Å²) in [6.45, 7) is 5.45. The molecule has 1 fully saturated rings. The van der Waals surface area contributed by atoms with Gasteiger partial charge in [0.15, 0.2) is 0 Å². The summed E-state index contributed by atoms with van der Waals surface area (Å²) in [5.74, 6) is 0.342. The molecule has 1 aromatic heterocycles. The number of carboxylic acids is 1. The second-order valence-corrected chi connectivity index (χ2v) is 4.75. The van der Waals surface area contributed by atoms with Gasteiger partial charge in [0, 0.05) is 26.6 Å². The Balaban J connectivity index is 0.000000270. The second-order valence-electron chi connectivity index (χ2n) is 4.75. The highest BCUT2D eigenvalue weighted by Gasteiger charge is 2.11. The van der Waals surface area contributed by atoms with Gasteiger partial charge in [0.1, 0.15) is 5.82 Å². The Morgan fingerprint density at radius 2 is 2.14 bits per heavy atom. The molecule has 2 heterocycles. The Morgan fingerprint density at radius 1 is 1.43 bits per heavy atom. The average Bonchev–Trinajstić information content (AvgIpc) is 2.54. The van der Waals surface area contributed by atoms with Crippen molar-refractivity contribution >= 4 is 17.5 Å². The van der Waals surface area contributed by atoms with Crippen molar-refractivity contribution < 1.29 is 14.6 Å². The zero-order valence-electron chi connectivity index (χ0n) is 12.8. The average molecular weight is 295 g/mol. The number of nitrogens with zero attached hydrogens (tertiary/aromatic N) is 2. The Kier molecular flexibility index (Phi) is 8.19. The second kappa shape index (κ2) is 9.99. The van der Waals surface area contributed by atoms with Crippen molar-refractivity contribution in [3.8, 4) is 0 Å². The molecule has 2 N–H and O–H groups in total. The third-order valence-electron chi connectivity index (χ3n) is 3.12. The highest BCUT2D eigenvalue weighted by atomic mass is 16.5. The predicted molar refractivity (Wildman–Crippen MR) is 84.0 cm³/mol. The Bertz CT molecular complexity index is 403. The number of aromatic nitrogens is 1. The standard InChI is InChI=1S/C10H15N3O.C5H10O2/c1-11-9-2-3-10(12-8-9)13-4-6-14-7-5-13;1-2-3-4-5(6)7/h2-3,8,11H,4-7H2,1H3;2-4H2,1H3,(H,6,7). The zero-order valence-corrected chi connectivity index (χ0v) is 12.8. The highest BCUT2D eigenvalue weighted by molar-refractivity contribution is 5.66. The monoisotopic (exact) mass is 295 g/mol. The molecule has 0 amide bonds. The molecule has 0 aromatic carbocycles. The van der Waals surface area contributed by atoms with E-state index in [1.54, 1.807) is 0 Å². The van der Waals surface area contributed by atoms with Crippen LogP contribution < -0.4 is 10.2 Å². The van der Waals surface area contributed by atoms with E-state index >= 15 is 0 Å². The van der Waals surface area contributed by atoms with Gasteiger partial charge in [-0.2, -0.15) is 0 Å². The number of nitrogens with one attached hydrogen (secondary N) is 1. The van der Waals surface area contributed by atoms with E-state index in [4.69, 9.17) is 9.84 Å². The van der Waals surface area contributed by atoms with Crippen molar-refractivity contribution in [1.29, 1.82) is 0 Å². The van der Waals surface area contributed by atoms with Crippen molar-refractivity contribution in [2.75, 3.05) is 43.6 Å². The van der Waals surface area contributed by atoms with E-state index < -0.39 is 5.97 Å². The lowest BCUT2D eigenvalue weighted by atomic mass is 10.3. The van der Waals surface area contributed by atoms with E-state index in [1.165, 1.54) is 0 Å². The van der Waals surface area contributed by atoms with Gasteiger partial charge >= 0.3 is 5.97 Å². The molecule has 1 aliphatic rings. The zero-order chi connectivity index (χ0) is 15.5. The number of ether oxygens (including phenoxy) is 1. The molecule has 0 saturated carbocycles. The Morgan fingerprint density at radius 3 is 2.57 bits per heavy atom. The number of hydrogen-bond donors (Lipinski definition) is 2. The first-order valence-corrected chi connectivity index (χ1v) is 7.35. The molecule has 0 radical (unpaired) electrons. The van der Waals surface area contributed by atoms with Gasteiger partial charge in [0.25, 0.3) is 0 Å². The molecule has 0 bridgehead atoms. The SMILES string of the molecule is CCCCC(=O)O.CNc1ccc(N2CCOCC2)nc1. The first-order chi connectivity index (χ1) is 10.2. The maximum absolute atomic E-state index is 9.76. The summed E-state index contributed by atoms with van der Waals surface area (Å²) in [4.78, 5) is 16.4.